The second-order valence-electron chi connectivity index (χ2n) is 6.39. The van der Waals surface area contributed by atoms with Crippen LogP contribution in [0.15, 0.2) is 24.3 Å². The molecule has 24 heavy (non-hydrogen) atoms. The lowest BCUT2D eigenvalue weighted by atomic mass is 10.2. The van der Waals surface area contributed by atoms with Gasteiger partial charge in [-0.3, -0.25) is 9.69 Å². The number of hydrogen-bond donors (Lipinski definition) is 0. The molecule has 2 saturated heterocycles. The van der Waals surface area contributed by atoms with Crippen LogP contribution >= 0.6 is 11.6 Å². The molecule has 1 aromatic carbocycles. The van der Waals surface area contributed by atoms with Gasteiger partial charge >= 0.3 is 0 Å². The monoisotopic (exact) mass is 352 g/mol. The first kappa shape index (κ1) is 17.5. The van der Waals surface area contributed by atoms with Crippen LogP contribution < -0.4 is 4.74 Å². The topological polar surface area (TPSA) is 42.0 Å². The molecule has 0 N–H and O–H groups in total. The van der Waals surface area contributed by atoms with Crippen LogP contribution in [-0.2, 0) is 9.53 Å². The molecule has 132 valence electrons. The number of hydrogen-bond acceptors (Lipinski definition) is 4. The smallest absolute Gasteiger partial charge is 0.260 e. The highest BCUT2D eigenvalue weighted by Crippen LogP contribution is 2.23. The highest BCUT2D eigenvalue weighted by Gasteiger charge is 2.23. The summed E-state index contributed by atoms with van der Waals surface area (Å²) in [4.78, 5) is 16.7. The van der Waals surface area contributed by atoms with Gasteiger partial charge in [-0.15, -0.1) is 0 Å². The SMILES string of the molecule is O=C(COc1ccccc1Cl)N1CCCN(CC2CCCO2)CC1. The number of para-hydroxylation sites is 1. The summed E-state index contributed by atoms with van der Waals surface area (Å²) in [5.41, 5.74) is 0. The minimum Gasteiger partial charge on any atom is -0.482 e. The van der Waals surface area contributed by atoms with Crippen molar-refractivity contribution >= 4 is 17.5 Å². The minimum atomic E-state index is 0.0221. The van der Waals surface area contributed by atoms with Crippen LogP contribution in [0.1, 0.15) is 19.3 Å². The lowest BCUT2D eigenvalue weighted by molar-refractivity contribution is -0.133. The molecule has 2 aliphatic rings. The first-order valence-electron chi connectivity index (χ1n) is 8.71. The van der Waals surface area contributed by atoms with Gasteiger partial charge in [-0.2, -0.15) is 0 Å². The van der Waals surface area contributed by atoms with E-state index in [4.69, 9.17) is 21.1 Å². The molecule has 1 aromatic rings. The van der Waals surface area contributed by atoms with Gasteiger partial charge in [0.05, 0.1) is 11.1 Å². The van der Waals surface area contributed by atoms with Gasteiger partial charge in [0.1, 0.15) is 5.75 Å². The van der Waals surface area contributed by atoms with Gasteiger partial charge in [-0.25, -0.2) is 0 Å². The van der Waals surface area contributed by atoms with E-state index >= 15 is 0 Å². The third-order valence-electron chi connectivity index (χ3n) is 4.61. The zero-order valence-corrected chi connectivity index (χ0v) is 14.7. The van der Waals surface area contributed by atoms with E-state index in [9.17, 15) is 4.79 Å². The predicted molar refractivity (Wildman–Crippen MR) is 93.6 cm³/mol. The number of carbonyl (C=O) groups is 1. The Bertz CT molecular complexity index is 549. The van der Waals surface area contributed by atoms with Crippen molar-refractivity contribution in [2.24, 2.45) is 0 Å². The summed E-state index contributed by atoms with van der Waals surface area (Å²) in [6.07, 6.45) is 3.69. The fraction of sp³-hybridized carbons (Fsp3) is 0.611. The molecule has 2 aliphatic heterocycles. The molecular weight excluding hydrogens is 328 g/mol. The first-order valence-corrected chi connectivity index (χ1v) is 9.09. The first-order chi connectivity index (χ1) is 11.7. The number of benzene rings is 1. The van der Waals surface area contributed by atoms with Gasteiger partial charge < -0.3 is 14.4 Å². The summed E-state index contributed by atoms with van der Waals surface area (Å²) < 4.78 is 11.3. The van der Waals surface area contributed by atoms with Gasteiger partial charge in [0.25, 0.3) is 5.91 Å². The molecule has 0 aromatic heterocycles. The van der Waals surface area contributed by atoms with Crippen molar-refractivity contribution in [2.75, 3.05) is 45.9 Å². The molecule has 0 saturated carbocycles. The van der Waals surface area contributed by atoms with Crippen LogP contribution in [0.2, 0.25) is 5.02 Å². The number of amides is 1. The number of ether oxygens (including phenoxy) is 2. The fourth-order valence-corrected chi connectivity index (χ4v) is 3.46. The van der Waals surface area contributed by atoms with E-state index in [1.54, 1.807) is 12.1 Å². The van der Waals surface area contributed by atoms with Gasteiger partial charge in [-0.1, -0.05) is 23.7 Å². The third kappa shape index (κ3) is 4.85. The summed E-state index contributed by atoms with van der Waals surface area (Å²) in [5.74, 6) is 0.580. The average molecular weight is 353 g/mol. The van der Waals surface area contributed by atoms with Crippen LogP contribution in [0.4, 0.5) is 0 Å². The Kier molecular flexibility index (Phi) is 6.35. The molecule has 1 amide bonds. The summed E-state index contributed by atoms with van der Waals surface area (Å²) in [5, 5.41) is 0.531. The van der Waals surface area contributed by atoms with Crippen LogP contribution in [0.3, 0.4) is 0 Å². The van der Waals surface area contributed by atoms with Crippen molar-refractivity contribution in [3.05, 3.63) is 29.3 Å². The minimum absolute atomic E-state index is 0.0221. The molecule has 3 rings (SSSR count). The molecule has 1 unspecified atom stereocenters. The molecule has 5 nitrogen and oxygen atoms in total. The Morgan fingerprint density at radius 3 is 2.88 bits per heavy atom. The van der Waals surface area contributed by atoms with E-state index < -0.39 is 0 Å². The van der Waals surface area contributed by atoms with Crippen molar-refractivity contribution in [3.8, 4) is 5.75 Å². The molecule has 2 heterocycles. The maximum atomic E-state index is 12.4. The molecule has 2 fully saturated rings. The highest BCUT2D eigenvalue weighted by molar-refractivity contribution is 6.32. The van der Waals surface area contributed by atoms with Crippen molar-refractivity contribution in [1.29, 1.82) is 0 Å². The van der Waals surface area contributed by atoms with E-state index in [0.717, 1.165) is 52.2 Å². The Labute approximate surface area is 148 Å². The summed E-state index contributed by atoms with van der Waals surface area (Å²) in [6.45, 7) is 5.37. The van der Waals surface area contributed by atoms with E-state index in [2.05, 4.69) is 4.90 Å². The van der Waals surface area contributed by atoms with Crippen LogP contribution in [0.25, 0.3) is 0 Å². The van der Waals surface area contributed by atoms with Crippen molar-refractivity contribution < 1.29 is 14.3 Å². The van der Waals surface area contributed by atoms with Crippen molar-refractivity contribution in [3.63, 3.8) is 0 Å². The Hall–Kier alpha value is -1.30. The van der Waals surface area contributed by atoms with E-state index in [1.165, 1.54) is 6.42 Å². The van der Waals surface area contributed by atoms with Crippen molar-refractivity contribution in [2.45, 2.75) is 25.4 Å². The molecule has 0 spiro atoms. The normalized spacial score (nSPS) is 22.4. The summed E-state index contributed by atoms with van der Waals surface area (Å²) >= 11 is 6.05. The number of nitrogens with zero attached hydrogens (tertiary/aromatic N) is 2. The fourth-order valence-electron chi connectivity index (χ4n) is 3.27. The number of carbonyl (C=O) groups excluding carboxylic acids is 1. The van der Waals surface area contributed by atoms with Crippen LogP contribution in [-0.4, -0.2) is 67.7 Å². The Morgan fingerprint density at radius 1 is 1.21 bits per heavy atom. The van der Waals surface area contributed by atoms with Crippen LogP contribution in [0.5, 0.6) is 5.75 Å². The second-order valence-corrected chi connectivity index (χ2v) is 6.80. The standard InChI is InChI=1S/C18H25ClN2O3/c19-16-6-1-2-7-17(16)24-14-18(22)21-9-4-8-20(10-11-21)13-15-5-3-12-23-15/h1-2,6-7,15H,3-5,8-14H2. The summed E-state index contributed by atoms with van der Waals surface area (Å²) in [6, 6.07) is 7.23. The zero-order chi connectivity index (χ0) is 16.8. The van der Waals surface area contributed by atoms with E-state index in [-0.39, 0.29) is 12.5 Å². The molecular formula is C18H25ClN2O3. The Balaban J connectivity index is 1.44. The zero-order valence-electron chi connectivity index (χ0n) is 14.0. The predicted octanol–water partition coefficient (Wildman–Crippen LogP) is 2.43. The van der Waals surface area contributed by atoms with Gasteiger partial charge in [-0.05, 0) is 37.9 Å². The maximum absolute atomic E-state index is 12.4. The van der Waals surface area contributed by atoms with Gasteiger partial charge in [0, 0.05) is 32.8 Å². The second kappa shape index (κ2) is 8.70. The lowest BCUT2D eigenvalue weighted by Gasteiger charge is -2.24. The van der Waals surface area contributed by atoms with E-state index in [1.807, 2.05) is 17.0 Å². The highest BCUT2D eigenvalue weighted by atomic mass is 35.5. The molecule has 6 heteroatoms. The maximum Gasteiger partial charge on any atom is 0.260 e. The summed E-state index contributed by atoms with van der Waals surface area (Å²) in [7, 11) is 0. The third-order valence-corrected chi connectivity index (χ3v) is 4.93. The average Bonchev–Trinajstić information content (AvgIpc) is 2.98. The van der Waals surface area contributed by atoms with E-state index in [0.29, 0.717) is 16.9 Å². The largest absolute Gasteiger partial charge is 0.482 e. The lowest BCUT2D eigenvalue weighted by Crippen LogP contribution is -2.39. The Morgan fingerprint density at radius 2 is 2.08 bits per heavy atom. The van der Waals surface area contributed by atoms with Crippen LogP contribution in [0, 0.1) is 0 Å². The number of halogens is 1. The molecule has 1 atom stereocenters. The number of rotatable bonds is 5. The molecule has 0 radical (unpaired) electrons. The van der Waals surface area contributed by atoms with Gasteiger partial charge in [0.2, 0.25) is 0 Å². The quantitative estimate of drug-likeness (QED) is 0.816. The van der Waals surface area contributed by atoms with Gasteiger partial charge in [0.15, 0.2) is 6.61 Å². The molecule has 0 bridgehead atoms. The van der Waals surface area contributed by atoms with Crippen molar-refractivity contribution in [1.82, 2.24) is 9.80 Å². The molecule has 0 aliphatic carbocycles.